The van der Waals surface area contributed by atoms with E-state index in [9.17, 15) is 23.5 Å². The summed E-state index contributed by atoms with van der Waals surface area (Å²) in [6.07, 6.45) is 6.20. The topological polar surface area (TPSA) is 98.0 Å². The van der Waals surface area contributed by atoms with Gasteiger partial charge in [0.1, 0.15) is 34.7 Å². The van der Waals surface area contributed by atoms with Gasteiger partial charge >= 0.3 is 11.9 Å². The van der Waals surface area contributed by atoms with Crippen LogP contribution in [-0.2, 0) is 22.6 Å². The molecule has 43 heavy (non-hydrogen) atoms. The van der Waals surface area contributed by atoms with Gasteiger partial charge in [-0.2, -0.15) is 0 Å². The lowest BCUT2D eigenvalue weighted by Crippen LogP contribution is -2.10. The fourth-order valence-electron chi connectivity index (χ4n) is 4.91. The molecule has 0 bridgehead atoms. The third kappa shape index (κ3) is 8.35. The summed E-state index contributed by atoms with van der Waals surface area (Å²) in [7, 11) is 0. The van der Waals surface area contributed by atoms with Gasteiger partial charge in [0.05, 0.1) is 18.7 Å². The third-order valence-corrected chi connectivity index (χ3v) is 7.34. The lowest BCUT2D eigenvalue weighted by atomic mass is 10.0. The van der Waals surface area contributed by atoms with Gasteiger partial charge in [0.2, 0.25) is 0 Å². The summed E-state index contributed by atoms with van der Waals surface area (Å²) in [6.45, 7) is 2.35. The van der Waals surface area contributed by atoms with Crippen LogP contribution in [0, 0.1) is 18.6 Å². The summed E-state index contributed by atoms with van der Waals surface area (Å²) in [5, 5.41) is 19.3. The molecule has 3 aromatic carbocycles. The molecule has 0 saturated carbocycles. The van der Waals surface area contributed by atoms with Crippen LogP contribution in [0.3, 0.4) is 0 Å². The number of aromatic nitrogens is 1. The number of carbonyl (C=O) groups is 2. The third-order valence-electron chi connectivity index (χ3n) is 6.97. The largest absolute Gasteiger partial charge is 0.494 e. The first-order chi connectivity index (χ1) is 20.6. The van der Waals surface area contributed by atoms with Crippen LogP contribution in [0.5, 0.6) is 11.5 Å². The number of fused-ring (bicyclic) bond motifs is 1. The van der Waals surface area contributed by atoms with Gasteiger partial charge in [-0.3, -0.25) is 9.59 Å². The molecular formula is C33H32ClF2NO6. The number of carboxylic acid groups (broad SMARTS) is 2. The summed E-state index contributed by atoms with van der Waals surface area (Å²) in [4.78, 5) is 22.7. The number of unbranched alkanes of at least 4 members (excludes halogenated alkanes) is 1. The second-order valence-electron chi connectivity index (χ2n) is 10.0. The Hall–Kier alpha value is -4.37. The zero-order valence-electron chi connectivity index (χ0n) is 23.6. The highest BCUT2D eigenvalue weighted by Crippen LogP contribution is 2.31. The first kappa shape index (κ1) is 31.6. The summed E-state index contributed by atoms with van der Waals surface area (Å²) < 4.78 is 39.8. The van der Waals surface area contributed by atoms with E-state index in [1.165, 1.54) is 0 Å². The van der Waals surface area contributed by atoms with Gasteiger partial charge in [-0.15, -0.1) is 0 Å². The van der Waals surface area contributed by atoms with Crippen LogP contribution in [-0.4, -0.2) is 39.9 Å². The number of halogens is 3. The molecular weight excluding hydrogens is 580 g/mol. The average Bonchev–Trinajstić information content (AvgIpc) is 3.22. The minimum absolute atomic E-state index is 0.0265. The highest BCUT2D eigenvalue weighted by Gasteiger charge is 2.18. The number of para-hydroxylation sites is 1. The van der Waals surface area contributed by atoms with Crippen molar-refractivity contribution in [2.24, 2.45) is 0 Å². The standard InChI is InChI=1S/C33H32ClF2NO6/c1-21-26(7-5-9-30(38)39)27-8-4-6-23(33(27)37(21)20-31(40)41)13-10-22-11-14-25(15-12-22)42-16-2-3-17-43-29-19-24(35)18-28(36)32(29)34/h4,6,8,10-15,18-19H,2-3,5,7,9,16-17,20H2,1H3,(H,38,39)(H,40,41)/b13-10+. The van der Waals surface area contributed by atoms with Gasteiger partial charge in [-0.05, 0) is 61.4 Å². The number of ether oxygens (including phenoxy) is 2. The van der Waals surface area contributed by atoms with Gasteiger partial charge in [-0.1, -0.05) is 54.1 Å². The Morgan fingerprint density at radius 2 is 1.65 bits per heavy atom. The number of hydrogen-bond donors (Lipinski definition) is 2. The Balaban J connectivity index is 1.36. The molecule has 0 radical (unpaired) electrons. The Morgan fingerprint density at radius 1 is 0.930 bits per heavy atom. The highest BCUT2D eigenvalue weighted by atomic mass is 35.5. The molecule has 1 heterocycles. The second-order valence-corrected chi connectivity index (χ2v) is 10.4. The van der Waals surface area contributed by atoms with Gasteiger partial charge in [0.15, 0.2) is 0 Å². The van der Waals surface area contributed by atoms with E-state index in [0.29, 0.717) is 44.1 Å². The van der Waals surface area contributed by atoms with Crippen molar-refractivity contribution in [3.63, 3.8) is 0 Å². The Kier molecular flexibility index (Phi) is 10.8. The predicted octanol–water partition coefficient (Wildman–Crippen LogP) is 7.78. The van der Waals surface area contributed by atoms with Crippen molar-refractivity contribution in [3.8, 4) is 11.5 Å². The number of aliphatic carboxylic acids is 2. The lowest BCUT2D eigenvalue weighted by Gasteiger charge is -2.10. The molecule has 1 aromatic heterocycles. The molecule has 0 unspecified atom stereocenters. The van der Waals surface area contributed by atoms with Gasteiger partial charge in [0, 0.05) is 29.6 Å². The maximum atomic E-state index is 13.5. The molecule has 0 saturated heterocycles. The van der Waals surface area contributed by atoms with Crippen LogP contribution >= 0.6 is 11.6 Å². The van der Waals surface area contributed by atoms with E-state index < -0.39 is 23.6 Å². The second kappa shape index (κ2) is 14.7. The minimum atomic E-state index is -0.953. The Labute approximate surface area is 252 Å². The quantitative estimate of drug-likeness (QED) is 0.0809. The average molecular weight is 612 g/mol. The minimum Gasteiger partial charge on any atom is -0.494 e. The fraction of sp³-hybridized carbons (Fsp3) is 0.273. The van der Waals surface area contributed by atoms with Gasteiger partial charge < -0.3 is 24.3 Å². The molecule has 0 amide bonds. The van der Waals surface area contributed by atoms with Crippen LogP contribution in [0.25, 0.3) is 23.1 Å². The van der Waals surface area contributed by atoms with E-state index in [2.05, 4.69) is 0 Å². The molecule has 0 aliphatic heterocycles. The van der Waals surface area contributed by atoms with Crippen molar-refractivity contribution in [1.82, 2.24) is 4.57 Å². The number of benzene rings is 3. The Bertz CT molecular complexity index is 1630. The summed E-state index contributed by atoms with van der Waals surface area (Å²) in [6, 6.07) is 15.1. The van der Waals surface area contributed by atoms with Crippen molar-refractivity contribution >= 4 is 46.6 Å². The van der Waals surface area contributed by atoms with E-state index in [1.807, 2.05) is 61.5 Å². The number of aryl methyl sites for hydroxylation is 1. The van der Waals surface area contributed by atoms with E-state index in [0.717, 1.165) is 39.4 Å². The van der Waals surface area contributed by atoms with E-state index >= 15 is 0 Å². The van der Waals surface area contributed by atoms with Crippen molar-refractivity contribution in [1.29, 1.82) is 0 Å². The molecule has 0 atom stereocenters. The summed E-state index contributed by atoms with van der Waals surface area (Å²) in [5.41, 5.74) is 4.37. The van der Waals surface area contributed by atoms with Crippen LogP contribution in [0.4, 0.5) is 8.78 Å². The monoisotopic (exact) mass is 611 g/mol. The molecule has 0 aliphatic rings. The van der Waals surface area contributed by atoms with Gasteiger partial charge in [-0.25, -0.2) is 8.78 Å². The van der Waals surface area contributed by atoms with E-state index in [-0.39, 0.29) is 30.3 Å². The molecule has 7 nitrogen and oxygen atoms in total. The fourth-order valence-corrected chi connectivity index (χ4v) is 5.07. The first-order valence-corrected chi connectivity index (χ1v) is 14.2. The Morgan fingerprint density at radius 3 is 2.35 bits per heavy atom. The number of nitrogens with zero attached hydrogens (tertiary/aromatic N) is 1. The maximum absolute atomic E-state index is 13.5. The molecule has 4 rings (SSSR count). The maximum Gasteiger partial charge on any atom is 0.323 e. The van der Waals surface area contributed by atoms with Crippen molar-refractivity contribution in [2.75, 3.05) is 13.2 Å². The smallest absolute Gasteiger partial charge is 0.323 e. The molecule has 0 aliphatic carbocycles. The summed E-state index contributed by atoms with van der Waals surface area (Å²) >= 11 is 5.80. The van der Waals surface area contributed by atoms with Crippen LogP contribution in [0.2, 0.25) is 5.02 Å². The number of rotatable bonds is 15. The normalized spacial score (nSPS) is 11.3. The zero-order valence-corrected chi connectivity index (χ0v) is 24.4. The van der Waals surface area contributed by atoms with Crippen LogP contribution in [0.15, 0.2) is 54.6 Å². The van der Waals surface area contributed by atoms with Crippen LogP contribution in [0.1, 0.15) is 48.1 Å². The lowest BCUT2D eigenvalue weighted by molar-refractivity contribution is -0.138. The summed E-state index contributed by atoms with van der Waals surface area (Å²) in [5.74, 6) is -2.77. The van der Waals surface area contributed by atoms with Crippen LogP contribution < -0.4 is 9.47 Å². The first-order valence-electron chi connectivity index (χ1n) is 13.9. The van der Waals surface area contributed by atoms with Gasteiger partial charge in [0.25, 0.3) is 0 Å². The molecule has 0 spiro atoms. The SMILES string of the molecule is Cc1c(CCCC(=O)O)c2cccc(/C=C/c3ccc(OCCCCOc4cc(F)cc(F)c4Cl)cc3)c2n1CC(=O)O. The highest BCUT2D eigenvalue weighted by molar-refractivity contribution is 6.32. The molecule has 0 fully saturated rings. The molecule has 10 heteroatoms. The van der Waals surface area contributed by atoms with E-state index in [4.69, 9.17) is 26.2 Å². The predicted molar refractivity (Wildman–Crippen MR) is 162 cm³/mol. The van der Waals surface area contributed by atoms with Crippen molar-refractivity contribution in [2.45, 2.75) is 45.6 Å². The van der Waals surface area contributed by atoms with Crippen molar-refractivity contribution < 1.29 is 38.1 Å². The molecule has 2 N–H and O–H groups in total. The zero-order chi connectivity index (χ0) is 30.9. The van der Waals surface area contributed by atoms with E-state index in [1.54, 1.807) is 4.57 Å². The molecule has 4 aromatic rings. The molecule has 226 valence electrons. The number of hydrogen-bond acceptors (Lipinski definition) is 4. The van der Waals surface area contributed by atoms with Crippen molar-refractivity contribution in [3.05, 3.63) is 93.6 Å². The number of carboxylic acids is 2.